The summed E-state index contributed by atoms with van der Waals surface area (Å²) in [6, 6.07) is 6.35. The molecule has 1 N–H and O–H groups in total. The monoisotopic (exact) mass is 222 g/mol. The van der Waals surface area contributed by atoms with Crippen molar-refractivity contribution in [1.82, 2.24) is 10.2 Å². The van der Waals surface area contributed by atoms with Crippen molar-refractivity contribution in [3.8, 4) is 5.75 Å². The predicted molar refractivity (Wildman–Crippen MR) is 68.0 cm³/mol. The largest absolute Gasteiger partial charge is 0.496 e. The number of nitrogens with zero attached hydrogens (tertiary/aromatic N) is 1. The maximum absolute atomic E-state index is 5.25. The Hall–Kier alpha value is -1.06. The van der Waals surface area contributed by atoms with Gasteiger partial charge >= 0.3 is 0 Å². The molecule has 0 aliphatic rings. The van der Waals surface area contributed by atoms with Crippen LogP contribution in [0, 0.1) is 6.92 Å². The first-order chi connectivity index (χ1) is 7.67. The van der Waals surface area contributed by atoms with Gasteiger partial charge in [0.05, 0.1) is 7.11 Å². The van der Waals surface area contributed by atoms with Crippen molar-refractivity contribution in [2.75, 3.05) is 34.3 Å². The van der Waals surface area contributed by atoms with Crippen LogP contribution in [-0.4, -0.2) is 39.2 Å². The molecule has 16 heavy (non-hydrogen) atoms. The fourth-order valence-corrected chi connectivity index (χ4v) is 1.73. The summed E-state index contributed by atoms with van der Waals surface area (Å²) < 4.78 is 5.25. The number of ether oxygens (including phenoxy) is 1. The predicted octanol–water partition coefficient (Wildman–Crippen LogP) is 1.65. The van der Waals surface area contributed by atoms with Crippen LogP contribution in [0.1, 0.15) is 11.1 Å². The second kappa shape index (κ2) is 6.51. The third-order valence-electron chi connectivity index (χ3n) is 2.66. The van der Waals surface area contributed by atoms with E-state index in [-0.39, 0.29) is 0 Å². The molecule has 0 radical (unpaired) electrons. The van der Waals surface area contributed by atoms with Gasteiger partial charge in [0, 0.05) is 19.6 Å². The first-order valence-electron chi connectivity index (χ1n) is 5.64. The molecule has 0 aromatic heterocycles. The van der Waals surface area contributed by atoms with Gasteiger partial charge in [-0.15, -0.1) is 0 Å². The van der Waals surface area contributed by atoms with Crippen molar-refractivity contribution in [2.24, 2.45) is 0 Å². The summed E-state index contributed by atoms with van der Waals surface area (Å²) in [7, 11) is 5.82. The van der Waals surface area contributed by atoms with Gasteiger partial charge in [0.25, 0.3) is 0 Å². The molecule has 0 bridgehead atoms. The van der Waals surface area contributed by atoms with Gasteiger partial charge < -0.3 is 15.0 Å². The van der Waals surface area contributed by atoms with Gasteiger partial charge in [-0.2, -0.15) is 0 Å². The highest BCUT2D eigenvalue weighted by molar-refractivity contribution is 5.36. The van der Waals surface area contributed by atoms with Crippen molar-refractivity contribution < 1.29 is 4.74 Å². The summed E-state index contributed by atoms with van der Waals surface area (Å²) in [5, 5.41) is 3.15. The summed E-state index contributed by atoms with van der Waals surface area (Å²) >= 11 is 0. The summed E-state index contributed by atoms with van der Waals surface area (Å²) in [5.74, 6) is 0.960. The number of aryl methyl sites for hydroxylation is 1. The highest BCUT2D eigenvalue weighted by Gasteiger charge is 2.02. The fourth-order valence-electron chi connectivity index (χ4n) is 1.73. The van der Waals surface area contributed by atoms with Gasteiger partial charge in [-0.1, -0.05) is 12.1 Å². The van der Waals surface area contributed by atoms with Crippen LogP contribution in [0.25, 0.3) is 0 Å². The summed E-state index contributed by atoms with van der Waals surface area (Å²) in [6.45, 7) is 5.13. The number of hydrogen-bond acceptors (Lipinski definition) is 3. The molecule has 0 atom stereocenters. The molecule has 0 unspecified atom stereocenters. The standard InChI is InChI=1S/C13H22N2O/c1-11-9-12(5-6-13(11)16-4)10-15(3)8-7-14-2/h5-6,9,14H,7-8,10H2,1-4H3. The van der Waals surface area contributed by atoms with Crippen molar-refractivity contribution in [3.05, 3.63) is 29.3 Å². The van der Waals surface area contributed by atoms with Crippen LogP contribution in [0.4, 0.5) is 0 Å². The molecule has 3 heteroatoms. The van der Waals surface area contributed by atoms with Crippen molar-refractivity contribution in [3.63, 3.8) is 0 Å². The Kier molecular flexibility index (Phi) is 5.29. The number of methoxy groups -OCH3 is 1. The second-order valence-corrected chi connectivity index (χ2v) is 4.15. The minimum absolute atomic E-state index is 0.960. The van der Waals surface area contributed by atoms with E-state index in [1.807, 2.05) is 13.1 Å². The molecule has 0 fully saturated rings. The first kappa shape index (κ1) is 13.0. The van der Waals surface area contributed by atoms with Crippen molar-refractivity contribution in [2.45, 2.75) is 13.5 Å². The Bertz CT molecular complexity index is 326. The molecule has 0 saturated heterocycles. The lowest BCUT2D eigenvalue weighted by Gasteiger charge is -2.17. The summed E-state index contributed by atoms with van der Waals surface area (Å²) in [4.78, 5) is 2.30. The van der Waals surface area contributed by atoms with Crippen LogP contribution in [0.3, 0.4) is 0 Å². The Labute approximate surface area is 98.4 Å². The average molecular weight is 222 g/mol. The van der Waals surface area contributed by atoms with Crippen molar-refractivity contribution in [1.29, 1.82) is 0 Å². The molecule has 1 aromatic rings. The highest BCUT2D eigenvalue weighted by atomic mass is 16.5. The molecule has 0 spiro atoms. The minimum Gasteiger partial charge on any atom is -0.496 e. The first-order valence-corrected chi connectivity index (χ1v) is 5.64. The highest BCUT2D eigenvalue weighted by Crippen LogP contribution is 2.18. The van der Waals surface area contributed by atoms with E-state index in [0.29, 0.717) is 0 Å². The Morgan fingerprint density at radius 1 is 1.38 bits per heavy atom. The number of likely N-dealkylation sites (N-methyl/N-ethyl adjacent to an activating group) is 2. The van der Waals surface area contributed by atoms with E-state index < -0.39 is 0 Å². The van der Waals surface area contributed by atoms with Crippen LogP contribution in [0.15, 0.2) is 18.2 Å². The molecule has 0 saturated carbocycles. The van der Waals surface area contributed by atoms with Gasteiger partial charge in [0.15, 0.2) is 0 Å². The molecule has 0 aliphatic carbocycles. The smallest absolute Gasteiger partial charge is 0.121 e. The van der Waals surface area contributed by atoms with Crippen LogP contribution in [0.2, 0.25) is 0 Å². The third-order valence-corrected chi connectivity index (χ3v) is 2.66. The lowest BCUT2D eigenvalue weighted by Crippen LogP contribution is -2.26. The minimum atomic E-state index is 0.960. The number of hydrogen-bond donors (Lipinski definition) is 1. The van der Waals surface area contributed by atoms with Gasteiger partial charge in [-0.3, -0.25) is 0 Å². The fraction of sp³-hybridized carbons (Fsp3) is 0.538. The van der Waals surface area contributed by atoms with E-state index in [1.54, 1.807) is 7.11 Å². The van der Waals surface area contributed by atoms with Gasteiger partial charge in [-0.05, 0) is 38.2 Å². The maximum atomic E-state index is 5.25. The number of nitrogens with one attached hydrogen (secondary N) is 1. The molecule has 0 aliphatic heterocycles. The molecular formula is C13H22N2O. The molecule has 1 rings (SSSR count). The third kappa shape index (κ3) is 3.83. The van der Waals surface area contributed by atoms with Gasteiger partial charge in [-0.25, -0.2) is 0 Å². The van der Waals surface area contributed by atoms with E-state index in [2.05, 4.69) is 36.3 Å². The Morgan fingerprint density at radius 3 is 2.69 bits per heavy atom. The summed E-state index contributed by atoms with van der Waals surface area (Å²) in [5.41, 5.74) is 2.53. The second-order valence-electron chi connectivity index (χ2n) is 4.15. The summed E-state index contributed by atoms with van der Waals surface area (Å²) in [6.07, 6.45) is 0. The zero-order chi connectivity index (χ0) is 12.0. The number of benzene rings is 1. The van der Waals surface area contributed by atoms with E-state index in [0.717, 1.165) is 25.4 Å². The molecule has 90 valence electrons. The van der Waals surface area contributed by atoms with E-state index in [1.165, 1.54) is 11.1 Å². The molecule has 0 heterocycles. The SMILES string of the molecule is CNCCN(C)Cc1ccc(OC)c(C)c1. The van der Waals surface area contributed by atoms with Gasteiger partial charge in [0.1, 0.15) is 5.75 Å². The normalized spacial score (nSPS) is 10.8. The topological polar surface area (TPSA) is 24.5 Å². The zero-order valence-corrected chi connectivity index (χ0v) is 10.7. The number of rotatable bonds is 6. The average Bonchev–Trinajstić information content (AvgIpc) is 2.26. The zero-order valence-electron chi connectivity index (χ0n) is 10.7. The molecular weight excluding hydrogens is 200 g/mol. The Morgan fingerprint density at radius 2 is 2.12 bits per heavy atom. The maximum Gasteiger partial charge on any atom is 0.121 e. The van der Waals surface area contributed by atoms with E-state index in [4.69, 9.17) is 4.74 Å². The van der Waals surface area contributed by atoms with Crippen LogP contribution >= 0.6 is 0 Å². The Balaban J connectivity index is 2.57. The molecule has 3 nitrogen and oxygen atoms in total. The van der Waals surface area contributed by atoms with Crippen molar-refractivity contribution >= 4 is 0 Å². The van der Waals surface area contributed by atoms with E-state index >= 15 is 0 Å². The molecule has 0 amide bonds. The molecule has 1 aromatic carbocycles. The van der Waals surface area contributed by atoms with E-state index in [9.17, 15) is 0 Å². The van der Waals surface area contributed by atoms with Crippen LogP contribution < -0.4 is 10.1 Å². The lowest BCUT2D eigenvalue weighted by atomic mass is 10.1. The van der Waals surface area contributed by atoms with Gasteiger partial charge in [0.2, 0.25) is 0 Å². The van der Waals surface area contributed by atoms with Crippen LogP contribution in [-0.2, 0) is 6.54 Å². The van der Waals surface area contributed by atoms with Crippen LogP contribution in [0.5, 0.6) is 5.75 Å². The quantitative estimate of drug-likeness (QED) is 0.792. The lowest BCUT2D eigenvalue weighted by molar-refractivity contribution is 0.328.